The van der Waals surface area contributed by atoms with E-state index in [2.05, 4.69) is 0 Å². The summed E-state index contributed by atoms with van der Waals surface area (Å²) in [5, 5.41) is 9.00. The Bertz CT molecular complexity index is 499. The number of aliphatic hydroxyl groups excluding tert-OH is 1. The van der Waals surface area contributed by atoms with Crippen molar-refractivity contribution < 1.29 is 14.7 Å². The van der Waals surface area contributed by atoms with Crippen LogP contribution in [0.15, 0.2) is 18.2 Å². The van der Waals surface area contributed by atoms with E-state index in [0.717, 1.165) is 12.2 Å². The van der Waals surface area contributed by atoms with E-state index in [1.807, 2.05) is 24.0 Å². The predicted octanol–water partition coefficient (Wildman–Crippen LogP) is 0.664. The summed E-state index contributed by atoms with van der Waals surface area (Å²) in [7, 11) is 1.60. The zero-order chi connectivity index (χ0) is 13.3. The number of nitrogens with zero attached hydrogens (tertiary/aromatic N) is 2. The van der Waals surface area contributed by atoms with E-state index in [-0.39, 0.29) is 6.61 Å². The molecule has 0 bridgehead atoms. The maximum Gasteiger partial charge on any atom is 0.299 e. The Balaban J connectivity index is 2.39. The van der Waals surface area contributed by atoms with Gasteiger partial charge in [-0.2, -0.15) is 0 Å². The van der Waals surface area contributed by atoms with Crippen molar-refractivity contribution >= 4 is 23.1 Å². The molecule has 0 spiro atoms. The second kappa shape index (κ2) is 4.78. The molecule has 1 aromatic rings. The minimum atomic E-state index is -0.493. The molecule has 0 aliphatic carbocycles. The Morgan fingerprint density at radius 2 is 2.06 bits per heavy atom. The van der Waals surface area contributed by atoms with Crippen molar-refractivity contribution in [2.45, 2.75) is 6.92 Å². The van der Waals surface area contributed by atoms with Crippen LogP contribution < -0.4 is 9.80 Å². The van der Waals surface area contributed by atoms with E-state index in [4.69, 9.17) is 5.11 Å². The number of Topliss-reactive ketones (excluding diaryl/α,β-unsaturated/α-hetero) is 1. The van der Waals surface area contributed by atoms with Crippen LogP contribution in [0.25, 0.3) is 0 Å². The lowest BCUT2D eigenvalue weighted by atomic mass is 10.1. The van der Waals surface area contributed by atoms with Crippen molar-refractivity contribution in [1.82, 2.24) is 0 Å². The average molecular weight is 248 g/mol. The fourth-order valence-electron chi connectivity index (χ4n) is 2.15. The van der Waals surface area contributed by atoms with E-state index in [1.54, 1.807) is 13.1 Å². The van der Waals surface area contributed by atoms with Crippen molar-refractivity contribution in [3.63, 3.8) is 0 Å². The van der Waals surface area contributed by atoms with Crippen LogP contribution in [0.1, 0.15) is 17.3 Å². The number of fused-ring (bicyclic) bond motifs is 1. The molecule has 0 aromatic heterocycles. The number of ketones is 1. The predicted molar refractivity (Wildman–Crippen MR) is 69.2 cm³/mol. The zero-order valence-electron chi connectivity index (χ0n) is 10.5. The first kappa shape index (κ1) is 12.6. The lowest BCUT2D eigenvalue weighted by molar-refractivity contribution is -0.114. The number of anilines is 2. The van der Waals surface area contributed by atoms with Crippen LogP contribution in [0, 0.1) is 0 Å². The van der Waals surface area contributed by atoms with Crippen LogP contribution in [0.2, 0.25) is 0 Å². The number of carbonyl (C=O) groups excluding carboxylic acids is 2. The summed E-state index contributed by atoms with van der Waals surface area (Å²) >= 11 is 0. The minimum Gasteiger partial charge on any atom is -0.395 e. The standard InChI is InChI=1S/C13H16N2O3/c1-3-15(6-7-16)9-4-5-10-11(8-9)14(2)13(18)12(10)17/h4-5,8,16H,3,6-7H2,1-2H3. The van der Waals surface area contributed by atoms with Crippen molar-refractivity contribution in [3.05, 3.63) is 23.8 Å². The second-order valence-electron chi connectivity index (χ2n) is 4.20. The fraction of sp³-hybridized carbons (Fsp3) is 0.385. The van der Waals surface area contributed by atoms with Crippen molar-refractivity contribution in [3.8, 4) is 0 Å². The van der Waals surface area contributed by atoms with Crippen molar-refractivity contribution in [2.24, 2.45) is 0 Å². The summed E-state index contributed by atoms with van der Waals surface area (Å²) in [4.78, 5) is 26.6. The summed E-state index contributed by atoms with van der Waals surface area (Å²) in [6, 6.07) is 5.30. The van der Waals surface area contributed by atoms with Crippen molar-refractivity contribution in [2.75, 3.05) is 36.5 Å². The third-order valence-electron chi connectivity index (χ3n) is 3.20. The smallest absolute Gasteiger partial charge is 0.299 e. The molecule has 5 heteroatoms. The van der Waals surface area contributed by atoms with E-state index >= 15 is 0 Å². The van der Waals surface area contributed by atoms with Gasteiger partial charge in [0.2, 0.25) is 0 Å². The molecule has 1 aliphatic heterocycles. The molecule has 96 valence electrons. The lowest BCUT2D eigenvalue weighted by Crippen LogP contribution is -2.26. The van der Waals surface area contributed by atoms with Crippen LogP contribution in [-0.4, -0.2) is 43.5 Å². The van der Waals surface area contributed by atoms with Crippen LogP contribution in [-0.2, 0) is 4.79 Å². The van der Waals surface area contributed by atoms with Crippen LogP contribution in [0.5, 0.6) is 0 Å². The largest absolute Gasteiger partial charge is 0.395 e. The number of benzene rings is 1. The minimum absolute atomic E-state index is 0.0681. The molecular weight excluding hydrogens is 232 g/mol. The molecule has 0 saturated carbocycles. The molecule has 1 amide bonds. The number of amides is 1. The van der Waals surface area contributed by atoms with Gasteiger partial charge in [-0.05, 0) is 25.1 Å². The first-order valence-corrected chi connectivity index (χ1v) is 5.92. The number of carbonyl (C=O) groups is 2. The van der Waals surface area contributed by atoms with Gasteiger partial charge in [-0.25, -0.2) is 0 Å². The van der Waals surface area contributed by atoms with Gasteiger partial charge in [0, 0.05) is 25.8 Å². The molecule has 0 atom stereocenters. The summed E-state index contributed by atoms with van der Waals surface area (Å²) in [5.74, 6) is -0.948. The highest BCUT2D eigenvalue weighted by molar-refractivity contribution is 6.52. The van der Waals surface area contributed by atoms with E-state index in [9.17, 15) is 9.59 Å². The molecule has 0 radical (unpaired) electrons. The number of likely N-dealkylation sites (N-methyl/N-ethyl adjacent to an activating group) is 2. The van der Waals surface area contributed by atoms with Gasteiger partial charge in [-0.3, -0.25) is 9.59 Å². The Morgan fingerprint density at radius 1 is 1.33 bits per heavy atom. The molecule has 0 saturated heterocycles. The summed E-state index contributed by atoms with van der Waals surface area (Å²) in [6.07, 6.45) is 0. The molecule has 0 fully saturated rings. The molecule has 5 nitrogen and oxygen atoms in total. The quantitative estimate of drug-likeness (QED) is 0.795. The van der Waals surface area contributed by atoms with Gasteiger partial charge in [0.25, 0.3) is 11.7 Å². The van der Waals surface area contributed by atoms with E-state index in [1.165, 1.54) is 4.90 Å². The topological polar surface area (TPSA) is 60.9 Å². The number of aliphatic hydroxyl groups is 1. The van der Waals surface area contributed by atoms with Gasteiger partial charge < -0.3 is 14.9 Å². The highest BCUT2D eigenvalue weighted by Crippen LogP contribution is 2.31. The Labute approximate surface area is 106 Å². The first-order valence-electron chi connectivity index (χ1n) is 5.92. The molecule has 1 aromatic carbocycles. The highest BCUT2D eigenvalue weighted by Gasteiger charge is 2.33. The van der Waals surface area contributed by atoms with E-state index in [0.29, 0.717) is 17.8 Å². The van der Waals surface area contributed by atoms with Gasteiger partial charge in [0.15, 0.2) is 0 Å². The Morgan fingerprint density at radius 3 is 2.67 bits per heavy atom. The van der Waals surface area contributed by atoms with Gasteiger partial charge in [-0.15, -0.1) is 0 Å². The third kappa shape index (κ3) is 1.86. The molecule has 1 N–H and O–H groups in total. The number of rotatable bonds is 4. The zero-order valence-corrected chi connectivity index (χ0v) is 10.5. The summed E-state index contributed by atoms with van der Waals surface area (Å²) < 4.78 is 0. The SMILES string of the molecule is CCN(CCO)c1ccc2c(c1)N(C)C(=O)C2=O. The van der Waals surface area contributed by atoms with Crippen LogP contribution in [0.4, 0.5) is 11.4 Å². The van der Waals surface area contributed by atoms with Crippen LogP contribution >= 0.6 is 0 Å². The molecule has 18 heavy (non-hydrogen) atoms. The van der Waals surface area contributed by atoms with E-state index < -0.39 is 11.7 Å². The third-order valence-corrected chi connectivity index (χ3v) is 3.20. The van der Waals surface area contributed by atoms with Gasteiger partial charge >= 0.3 is 0 Å². The van der Waals surface area contributed by atoms with Crippen molar-refractivity contribution in [1.29, 1.82) is 0 Å². The maximum absolute atomic E-state index is 11.6. The molecule has 0 unspecified atom stereocenters. The van der Waals surface area contributed by atoms with Gasteiger partial charge in [-0.1, -0.05) is 0 Å². The first-order chi connectivity index (χ1) is 8.60. The average Bonchev–Trinajstić information content (AvgIpc) is 2.61. The summed E-state index contributed by atoms with van der Waals surface area (Å²) in [5.41, 5.74) is 1.99. The lowest BCUT2D eigenvalue weighted by Gasteiger charge is -2.23. The monoisotopic (exact) mass is 248 g/mol. The molecule has 2 rings (SSSR count). The van der Waals surface area contributed by atoms with Crippen LogP contribution in [0.3, 0.4) is 0 Å². The normalized spacial score (nSPS) is 14.1. The molecular formula is C13H16N2O3. The highest BCUT2D eigenvalue weighted by atomic mass is 16.3. The number of hydrogen-bond acceptors (Lipinski definition) is 4. The fourth-order valence-corrected chi connectivity index (χ4v) is 2.15. The molecule has 1 aliphatic rings. The second-order valence-corrected chi connectivity index (χ2v) is 4.20. The van der Waals surface area contributed by atoms with Gasteiger partial charge in [0.05, 0.1) is 17.9 Å². The Hall–Kier alpha value is -1.88. The maximum atomic E-state index is 11.6. The van der Waals surface area contributed by atoms with Gasteiger partial charge in [0.1, 0.15) is 0 Å². The summed E-state index contributed by atoms with van der Waals surface area (Å²) in [6.45, 7) is 3.34. The Kier molecular flexibility index (Phi) is 3.34. The number of hydrogen-bond donors (Lipinski definition) is 1. The molecule has 1 heterocycles.